The predicted molar refractivity (Wildman–Crippen MR) is 85.6 cm³/mol. The number of nitrogens with zero attached hydrogens (tertiary/aromatic N) is 3. The molecule has 3 rings (SSSR count). The van der Waals surface area contributed by atoms with Crippen molar-refractivity contribution >= 4 is 33.0 Å². The summed E-state index contributed by atoms with van der Waals surface area (Å²) in [6.45, 7) is 1.88. The van der Waals surface area contributed by atoms with Crippen LogP contribution in [0.25, 0.3) is 0 Å². The van der Waals surface area contributed by atoms with E-state index in [0.717, 1.165) is 23.2 Å². The smallest absolute Gasteiger partial charge is 0.0992 e. The van der Waals surface area contributed by atoms with E-state index in [1.54, 1.807) is 0 Å². The van der Waals surface area contributed by atoms with E-state index in [4.69, 9.17) is 5.26 Å². The normalized spacial score (nSPS) is 13.8. The Kier molecular flexibility index (Phi) is 3.37. The quantitative estimate of drug-likeness (QED) is 0.795. The van der Waals surface area contributed by atoms with Crippen molar-refractivity contribution in [1.82, 2.24) is 0 Å². The van der Waals surface area contributed by atoms with E-state index in [9.17, 15) is 0 Å². The van der Waals surface area contributed by atoms with Crippen molar-refractivity contribution in [3.63, 3.8) is 0 Å². The van der Waals surface area contributed by atoms with Gasteiger partial charge in [-0.05, 0) is 30.3 Å². The molecule has 2 aromatic carbocycles. The molecule has 0 amide bonds. The third kappa shape index (κ3) is 2.25. The molecule has 0 bridgehead atoms. The van der Waals surface area contributed by atoms with E-state index < -0.39 is 0 Å². The van der Waals surface area contributed by atoms with Crippen LogP contribution in [0.1, 0.15) is 5.56 Å². The number of hydrogen-bond donors (Lipinski definition) is 0. The minimum Gasteiger partial charge on any atom is -0.371 e. The standard InChI is InChI=1S/C16H14BrN3/c1-19-6-7-20(16-5-3-2-4-15(16)19)14-9-12(11-18)8-13(17)10-14/h2-5,8-10H,6-7H2,1H3. The van der Waals surface area contributed by atoms with Gasteiger partial charge in [0.25, 0.3) is 0 Å². The Bertz CT molecular complexity index is 690. The molecule has 1 aliphatic heterocycles. The van der Waals surface area contributed by atoms with Crippen LogP contribution >= 0.6 is 15.9 Å². The number of nitriles is 1. The summed E-state index contributed by atoms with van der Waals surface area (Å²) in [4.78, 5) is 4.52. The van der Waals surface area contributed by atoms with Crippen molar-refractivity contribution in [2.75, 3.05) is 29.9 Å². The molecule has 20 heavy (non-hydrogen) atoms. The molecule has 0 saturated heterocycles. The Hall–Kier alpha value is -1.99. The fourth-order valence-electron chi connectivity index (χ4n) is 2.57. The number of halogens is 1. The molecular weight excluding hydrogens is 314 g/mol. The summed E-state index contributed by atoms with van der Waals surface area (Å²) in [5.41, 5.74) is 4.13. The largest absolute Gasteiger partial charge is 0.371 e. The van der Waals surface area contributed by atoms with Crippen LogP contribution in [-0.4, -0.2) is 20.1 Å². The SMILES string of the molecule is CN1CCN(c2cc(Br)cc(C#N)c2)c2ccccc21. The Morgan fingerprint density at radius 2 is 1.85 bits per heavy atom. The summed E-state index contributed by atoms with van der Waals surface area (Å²) in [5, 5.41) is 9.12. The minimum absolute atomic E-state index is 0.672. The van der Waals surface area contributed by atoms with Gasteiger partial charge in [-0.1, -0.05) is 28.1 Å². The van der Waals surface area contributed by atoms with Crippen LogP contribution in [-0.2, 0) is 0 Å². The lowest BCUT2D eigenvalue weighted by Gasteiger charge is -2.37. The molecular formula is C16H14BrN3. The zero-order valence-electron chi connectivity index (χ0n) is 11.2. The summed E-state index contributed by atoms with van der Waals surface area (Å²) in [7, 11) is 2.11. The highest BCUT2D eigenvalue weighted by Crippen LogP contribution is 2.37. The van der Waals surface area contributed by atoms with Crippen molar-refractivity contribution in [1.29, 1.82) is 5.26 Å². The molecule has 100 valence electrons. The third-order valence-corrected chi connectivity index (χ3v) is 4.02. The first kappa shape index (κ1) is 13.0. The highest BCUT2D eigenvalue weighted by molar-refractivity contribution is 9.10. The van der Waals surface area contributed by atoms with Gasteiger partial charge in [0, 0.05) is 30.3 Å². The van der Waals surface area contributed by atoms with Gasteiger partial charge in [0.1, 0.15) is 0 Å². The lowest BCUT2D eigenvalue weighted by molar-refractivity contribution is 0.822. The summed E-state index contributed by atoms with van der Waals surface area (Å²) in [6.07, 6.45) is 0. The average molecular weight is 328 g/mol. The van der Waals surface area contributed by atoms with Crippen LogP contribution in [0.4, 0.5) is 17.1 Å². The van der Waals surface area contributed by atoms with Gasteiger partial charge in [-0.3, -0.25) is 0 Å². The average Bonchev–Trinajstić information content (AvgIpc) is 2.47. The zero-order chi connectivity index (χ0) is 14.1. The Labute approximate surface area is 127 Å². The maximum atomic E-state index is 9.12. The zero-order valence-corrected chi connectivity index (χ0v) is 12.8. The summed E-state index contributed by atoms with van der Waals surface area (Å²) in [6, 6.07) is 16.4. The summed E-state index contributed by atoms with van der Waals surface area (Å²) < 4.78 is 0.933. The highest BCUT2D eigenvalue weighted by Gasteiger charge is 2.21. The fraction of sp³-hybridized carbons (Fsp3) is 0.188. The number of likely N-dealkylation sites (N-methyl/N-ethyl adjacent to an activating group) is 1. The maximum absolute atomic E-state index is 9.12. The number of hydrogen-bond acceptors (Lipinski definition) is 3. The van der Waals surface area contributed by atoms with E-state index in [-0.39, 0.29) is 0 Å². The topological polar surface area (TPSA) is 30.3 Å². The number of anilines is 3. The van der Waals surface area contributed by atoms with Crippen molar-refractivity contribution in [3.05, 3.63) is 52.5 Å². The molecule has 0 spiro atoms. The van der Waals surface area contributed by atoms with E-state index in [1.807, 2.05) is 18.2 Å². The maximum Gasteiger partial charge on any atom is 0.0992 e. The third-order valence-electron chi connectivity index (χ3n) is 3.57. The highest BCUT2D eigenvalue weighted by atomic mass is 79.9. The molecule has 0 atom stereocenters. The molecule has 0 unspecified atom stereocenters. The molecule has 0 aromatic heterocycles. The molecule has 0 fully saturated rings. The molecule has 0 saturated carbocycles. The van der Waals surface area contributed by atoms with Gasteiger partial charge in [0.05, 0.1) is 23.0 Å². The van der Waals surface area contributed by atoms with Crippen LogP contribution in [0.2, 0.25) is 0 Å². The van der Waals surface area contributed by atoms with Gasteiger partial charge in [0.15, 0.2) is 0 Å². The summed E-state index contributed by atoms with van der Waals surface area (Å²) >= 11 is 3.48. The molecule has 0 N–H and O–H groups in total. The molecule has 1 heterocycles. The summed E-state index contributed by atoms with van der Waals surface area (Å²) in [5.74, 6) is 0. The van der Waals surface area contributed by atoms with Crippen molar-refractivity contribution in [2.45, 2.75) is 0 Å². The Morgan fingerprint density at radius 1 is 1.10 bits per heavy atom. The number of benzene rings is 2. The number of rotatable bonds is 1. The van der Waals surface area contributed by atoms with Gasteiger partial charge in [0.2, 0.25) is 0 Å². The first-order valence-corrected chi connectivity index (χ1v) is 7.27. The molecule has 2 aromatic rings. The van der Waals surface area contributed by atoms with E-state index >= 15 is 0 Å². The molecule has 0 aliphatic carbocycles. The van der Waals surface area contributed by atoms with Crippen LogP contribution in [0.5, 0.6) is 0 Å². The van der Waals surface area contributed by atoms with Crippen LogP contribution in [0, 0.1) is 11.3 Å². The van der Waals surface area contributed by atoms with E-state index in [1.165, 1.54) is 11.4 Å². The van der Waals surface area contributed by atoms with Crippen molar-refractivity contribution < 1.29 is 0 Å². The van der Waals surface area contributed by atoms with Crippen LogP contribution < -0.4 is 9.80 Å². The Balaban J connectivity index is 2.10. The predicted octanol–water partition coefficient (Wildman–Crippen LogP) is 3.91. The van der Waals surface area contributed by atoms with E-state index in [0.29, 0.717) is 5.56 Å². The fourth-order valence-corrected chi connectivity index (χ4v) is 3.05. The second-order valence-electron chi connectivity index (χ2n) is 4.87. The number of fused-ring (bicyclic) bond motifs is 1. The second-order valence-corrected chi connectivity index (χ2v) is 5.79. The molecule has 1 aliphatic rings. The van der Waals surface area contributed by atoms with E-state index in [2.05, 4.69) is 63.1 Å². The second kappa shape index (κ2) is 5.18. The van der Waals surface area contributed by atoms with Gasteiger partial charge >= 0.3 is 0 Å². The monoisotopic (exact) mass is 327 g/mol. The molecule has 3 nitrogen and oxygen atoms in total. The lowest BCUT2D eigenvalue weighted by atomic mass is 10.1. The van der Waals surface area contributed by atoms with Crippen LogP contribution in [0.15, 0.2) is 46.9 Å². The van der Waals surface area contributed by atoms with Crippen molar-refractivity contribution in [2.24, 2.45) is 0 Å². The van der Waals surface area contributed by atoms with Crippen LogP contribution in [0.3, 0.4) is 0 Å². The van der Waals surface area contributed by atoms with Gasteiger partial charge in [-0.25, -0.2) is 0 Å². The lowest BCUT2D eigenvalue weighted by Crippen LogP contribution is -2.36. The number of para-hydroxylation sites is 2. The van der Waals surface area contributed by atoms with Gasteiger partial charge in [-0.2, -0.15) is 5.26 Å². The minimum atomic E-state index is 0.672. The molecule has 0 radical (unpaired) electrons. The van der Waals surface area contributed by atoms with Gasteiger partial charge in [-0.15, -0.1) is 0 Å². The first-order chi connectivity index (χ1) is 9.69. The first-order valence-electron chi connectivity index (χ1n) is 6.47. The molecule has 4 heteroatoms. The Morgan fingerprint density at radius 3 is 2.60 bits per heavy atom. The van der Waals surface area contributed by atoms with Gasteiger partial charge < -0.3 is 9.80 Å². The van der Waals surface area contributed by atoms with Crippen molar-refractivity contribution in [3.8, 4) is 6.07 Å².